The number of aromatic amines is 2. The van der Waals surface area contributed by atoms with Gasteiger partial charge in [0.15, 0.2) is 0 Å². The first-order valence-corrected chi connectivity index (χ1v) is 9.96. The molecular weight excluding hydrogens is 412 g/mol. The Morgan fingerprint density at radius 1 is 0.969 bits per heavy atom. The van der Waals surface area contributed by atoms with Crippen LogP contribution in [-0.4, -0.2) is 34.9 Å². The van der Waals surface area contributed by atoms with Gasteiger partial charge in [0, 0.05) is 22.9 Å². The Morgan fingerprint density at radius 2 is 1.62 bits per heavy atom. The highest BCUT2D eigenvalue weighted by Gasteiger charge is 2.39. The molecular formula is C23H22N4O5. The molecule has 3 aromatic rings. The fourth-order valence-corrected chi connectivity index (χ4v) is 3.86. The predicted molar refractivity (Wildman–Crippen MR) is 117 cm³/mol. The summed E-state index contributed by atoms with van der Waals surface area (Å²) in [7, 11) is 1.55. The number of benzene rings is 2. The van der Waals surface area contributed by atoms with Crippen LogP contribution >= 0.6 is 0 Å². The van der Waals surface area contributed by atoms with E-state index in [1.165, 1.54) is 0 Å². The SMILES string of the molecule is COc1ccc(C(=O)Oc2ccc([C@H](c3c(C)[nH][nH]c3=O)[C@@H]3C(=O)NN=C3C)cc2)cc1. The molecule has 3 N–H and O–H groups in total. The fourth-order valence-electron chi connectivity index (χ4n) is 3.86. The van der Waals surface area contributed by atoms with Gasteiger partial charge in [0.2, 0.25) is 5.91 Å². The highest BCUT2D eigenvalue weighted by atomic mass is 16.5. The minimum absolute atomic E-state index is 0.275. The average Bonchev–Trinajstić information content (AvgIpc) is 3.31. The minimum Gasteiger partial charge on any atom is -0.497 e. The molecule has 1 aromatic heterocycles. The number of hydrogen-bond acceptors (Lipinski definition) is 6. The molecule has 1 aliphatic rings. The van der Waals surface area contributed by atoms with Gasteiger partial charge in [0.1, 0.15) is 11.5 Å². The van der Waals surface area contributed by atoms with E-state index < -0.39 is 17.8 Å². The summed E-state index contributed by atoms with van der Waals surface area (Å²) >= 11 is 0. The maximum absolute atomic E-state index is 12.5. The summed E-state index contributed by atoms with van der Waals surface area (Å²) in [5.74, 6) is -0.979. The second kappa shape index (κ2) is 8.54. The molecule has 9 nitrogen and oxygen atoms in total. The summed E-state index contributed by atoms with van der Waals surface area (Å²) in [6, 6.07) is 13.4. The molecule has 1 aliphatic heterocycles. The van der Waals surface area contributed by atoms with Gasteiger partial charge in [-0.3, -0.25) is 14.7 Å². The molecule has 164 valence electrons. The number of carbonyl (C=O) groups excluding carboxylic acids is 2. The zero-order valence-corrected chi connectivity index (χ0v) is 17.8. The topological polar surface area (TPSA) is 126 Å². The molecule has 1 amide bonds. The number of nitrogens with zero attached hydrogens (tertiary/aromatic N) is 1. The normalized spacial score (nSPS) is 16.3. The highest BCUT2D eigenvalue weighted by Crippen LogP contribution is 2.35. The van der Waals surface area contributed by atoms with Crippen LogP contribution in [0.4, 0.5) is 0 Å². The number of nitrogens with one attached hydrogen (secondary N) is 3. The quantitative estimate of drug-likeness (QED) is 0.406. The third-order valence-electron chi connectivity index (χ3n) is 5.51. The van der Waals surface area contributed by atoms with E-state index in [4.69, 9.17) is 9.47 Å². The van der Waals surface area contributed by atoms with Crippen LogP contribution in [0.3, 0.4) is 0 Å². The van der Waals surface area contributed by atoms with Crippen molar-refractivity contribution in [3.8, 4) is 11.5 Å². The van der Waals surface area contributed by atoms with Crippen molar-refractivity contribution >= 4 is 17.6 Å². The number of H-pyrrole nitrogens is 2. The van der Waals surface area contributed by atoms with Gasteiger partial charge in [-0.25, -0.2) is 10.2 Å². The first-order valence-electron chi connectivity index (χ1n) is 9.96. The van der Waals surface area contributed by atoms with Gasteiger partial charge in [-0.15, -0.1) is 0 Å². The number of hydrazone groups is 1. The summed E-state index contributed by atoms with van der Waals surface area (Å²) in [5.41, 5.74) is 4.99. The molecule has 2 aromatic carbocycles. The number of rotatable bonds is 6. The number of carbonyl (C=O) groups is 2. The number of aryl methyl sites for hydroxylation is 1. The van der Waals surface area contributed by atoms with Gasteiger partial charge >= 0.3 is 5.97 Å². The number of ether oxygens (including phenoxy) is 2. The Hall–Kier alpha value is -4.14. The maximum Gasteiger partial charge on any atom is 0.343 e. The van der Waals surface area contributed by atoms with Crippen molar-refractivity contribution in [2.45, 2.75) is 19.8 Å². The van der Waals surface area contributed by atoms with Crippen molar-refractivity contribution in [3.63, 3.8) is 0 Å². The lowest BCUT2D eigenvalue weighted by Gasteiger charge is -2.22. The van der Waals surface area contributed by atoms with Crippen LogP contribution in [0.2, 0.25) is 0 Å². The van der Waals surface area contributed by atoms with Gasteiger partial charge in [0.25, 0.3) is 5.56 Å². The van der Waals surface area contributed by atoms with Gasteiger partial charge in [-0.2, -0.15) is 5.10 Å². The molecule has 0 aliphatic carbocycles. The molecule has 0 unspecified atom stereocenters. The third-order valence-corrected chi connectivity index (χ3v) is 5.51. The number of esters is 1. The summed E-state index contributed by atoms with van der Waals surface area (Å²) in [5, 5.41) is 9.42. The largest absolute Gasteiger partial charge is 0.497 e. The second-order valence-corrected chi connectivity index (χ2v) is 7.49. The molecule has 2 heterocycles. The van der Waals surface area contributed by atoms with Crippen LogP contribution in [0.15, 0.2) is 58.4 Å². The Balaban J connectivity index is 1.62. The molecule has 0 bridgehead atoms. The number of hydrogen-bond donors (Lipinski definition) is 3. The molecule has 0 fully saturated rings. The molecule has 4 rings (SSSR count). The van der Waals surface area contributed by atoms with E-state index in [-0.39, 0.29) is 11.5 Å². The van der Waals surface area contributed by atoms with Crippen LogP contribution in [0.25, 0.3) is 0 Å². The summed E-state index contributed by atoms with van der Waals surface area (Å²) in [6.45, 7) is 3.52. The Labute approximate surface area is 183 Å². The van der Waals surface area contributed by atoms with E-state index in [0.717, 1.165) is 5.56 Å². The lowest BCUT2D eigenvalue weighted by atomic mass is 9.78. The molecule has 0 spiro atoms. The third kappa shape index (κ3) is 3.92. The van der Waals surface area contributed by atoms with Crippen LogP contribution in [0.5, 0.6) is 11.5 Å². The van der Waals surface area contributed by atoms with Crippen molar-refractivity contribution < 1.29 is 19.1 Å². The van der Waals surface area contributed by atoms with Crippen molar-refractivity contribution in [2.75, 3.05) is 7.11 Å². The maximum atomic E-state index is 12.5. The standard InChI is InChI=1S/C23H22N4O5/c1-12-18(21(28)26-24-12)20(19-13(2)25-27-22(19)29)14-4-10-17(11-5-14)32-23(30)15-6-8-16(31-3)9-7-15/h4-11,18,20H,1-3H3,(H,26,28)(H2,25,27,29)/t18-,20+/m1/s1. The van der Waals surface area contributed by atoms with Crippen molar-refractivity contribution in [2.24, 2.45) is 11.0 Å². The van der Waals surface area contributed by atoms with E-state index in [2.05, 4.69) is 20.7 Å². The first kappa shape index (κ1) is 21.1. The number of aromatic nitrogens is 2. The number of methoxy groups -OCH3 is 1. The van der Waals surface area contributed by atoms with Gasteiger partial charge < -0.3 is 14.6 Å². The summed E-state index contributed by atoms with van der Waals surface area (Å²) in [6.07, 6.45) is 0. The molecule has 0 saturated heterocycles. The van der Waals surface area contributed by atoms with Crippen molar-refractivity contribution in [3.05, 3.63) is 81.3 Å². The van der Waals surface area contributed by atoms with E-state index in [9.17, 15) is 14.4 Å². The average molecular weight is 434 g/mol. The fraction of sp³-hybridized carbons (Fsp3) is 0.217. The zero-order chi connectivity index (χ0) is 22.8. The Morgan fingerprint density at radius 3 is 2.16 bits per heavy atom. The van der Waals surface area contributed by atoms with Gasteiger partial charge in [-0.05, 0) is 55.8 Å². The molecule has 2 atom stereocenters. The van der Waals surface area contributed by atoms with Crippen LogP contribution < -0.4 is 20.5 Å². The van der Waals surface area contributed by atoms with E-state index in [1.807, 2.05) is 0 Å². The zero-order valence-electron chi connectivity index (χ0n) is 17.8. The van der Waals surface area contributed by atoms with Crippen molar-refractivity contribution in [1.82, 2.24) is 15.6 Å². The van der Waals surface area contributed by atoms with E-state index >= 15 is 0 Å². The first-order chi connectivity index (χ1) is 15.4. The van der Waals surface area contributed by atoms with E-state index in [1.54, 1.807) is 69.5 Å². The lowest BCUT2D eigenvalue weighted by Crippen LogP contribution is -2.31. The molecule has 9 heteroatoms. The van der Waals surface area contributed by atoms with Crippen LogP contribution in [-0.2, 0) is 4.79 Å². The minimum atomic E-state index is -0.627. The molecule has 0 saturated carbocycles. The molecule has 0 radical (unpaired) electrons. The Kier molecular flexibility index (Phi) is 5.63. The van der Waals surface area contributed by atoms with Crippen molar-refractivity contribution in [1.29, 1.82) is 0 Å². The summed E-state index contributed by atoms with van der Waals surface area (Å²) in [4.78, 5) is 37.4. The smallest absolute Gasteiger partial charge is 0.343 e. The van der Waals surface area contributed by atoms with Crippen LogP contribution in [0, 0.1) is 12.8 Å². The van der Waals surface area contributed by atoms with Gasteiger partial charge in [0.05, 0.1) is 18.6 Å². The predicted octanol–water partition coefficient (Wildman–Crippen LogP) is 2.49. The van der Waals surface area contributed by atoms with Gasteiger partial charge in [-0.1, -0.05) is 12.1 Å². The summed E-state index contributed by atoms with van der Waals surface area (Å²) < 4.78 is 10.5. The van der Waals surface area contributed by atoms with E-state index in [0.29, 0.717) is 34.0 Å². The number of amides is 1. The van der Waals surface area contributed by atoms with Crippen LogP contribution in [0.1, 0.15) is 40.0 Å². The second-order valence-electron chi connectivity index (χ2n) is 7.49. The highest BCUT2D eigenvalue weighted by molar-refractivity contribution is 6.08. The molecule has 32 heavy (non-hydrogen) atoms. The monoisotopic (exact) mass is 434 g/mol. The Bertz CT molecular complexity index is 1240. The lowest BCUT2D eigenvalue weighted by molar-refractivity contribution is -0.122.